The highest BCUT2D eigenvalue weighted by molar-refractivity contribution is 8.00. The van der Waals surface area contributed by atoms with Crippen LogP contribution in [-0.4, -0.2) is 5.37 Å². The molecule has 1 aromatic carbocycles. The summed E-state index contributed by atoms with van der Waals surface area (Å²) >= 11 is 1.95. The zero-order valence-electron chi connectivity index (χ0n) is 9.41. The standard InChI is InChI=1S/C12H17NS.ClH/c1-4-11-13-12(2,3)9-7-5-6-8-10(9)14-11;/h5-8,11,13H,4H2,1-3H3;1H. The average molecular weight is 244 g/mol. The predicted molar refractivity (Wildman–Crippen MR) is 69.8 cm³/mol. The van der Waals surface area contributed by atoms with Gasteiger partial charge in [0.1, 0.15) is 0 Å². The Morgan fingerprint density at radius 1 is 1.33 bits per heavy atom. The van der Waals surface area contributed by atoms with Crippen LogP contribution in [-0.2, 0) is 5.54 Å². The Kier molecular flexibility index (Phi) is 4.10. The number of rotatable bonds is 1. The number of fused-ring (bicyclic) bond motifs is 1. The van der Waals surface area contributed by atoms with Crippen molar-refractivity contribution in [3.63, 3.8) is 0 Å². The summed E-state index contributed by atoms with van der Waals surface area (Å²) in [5, 5.41) is 4.22. The largest absolute Gasteiger partial charge is 0.296 e. The van der Waals surface area contributed by atoms with Crippen molar-refractivity contribution in [1.82, 2.24) is 5.32 Å². The Labute approximate surface area is 102 Å². The van der Waals surface area contributed by atoms with Crippen LogP contribution in [0.3, 0.4) is 0 Å². The lowest BCUT2D eigenvalue weighted by Gasteiger charge is -2.38. The highest BCUT2D eigenvalue weighted by atomic mass is 35.5. The maximum Gasteiger partial charge on any atom is 0.0583 e. The van der Waals surface area contributed by atoms with E-state index >= 15 is 0 Å². The molecule has 0 aromatic heterocycles. The van der Waals surface area contributed by atoms with Gasteiger partial charge in [-0.1, -0.05) is 25.1 Å². The van der Waals surface area contributed by atoms with Crippen LogP contribution in [0.2, 0.25) is 0 Å². The molecular weight excluding hydrogens is 226 g/mol. The average Bonchev–Trinajstić information content (AvgIpc) is 2.17. The van der Waals surface area contributed by atoms with Crippen LogP contribution in [0, 0.1) is 0 Å². The monoisotopic (exact) mass is 243 g/mol. The van der Waals surface area contributed by atoms with Crippen LogP contribution in [0.4, 0.5) is 0 Å². The molecule has 0 fully saturated rings. The summed E-state index contributed by atoms with van der Waals surface area (Å²) in [7, 11) is 0. The van der Waals surface area contributed by atoms with Gasteiger partial charge >= 0.3 is 0 Å². The molecule has 1 N–H and O–H groups in total. The summed E-state index contributed by atoms with van der Waals surface area (Å²) in [6, 6.07) is 8.70. The molecule has 1 aliphatic rings. The van der Waals surface area contributed by atoms with Crippen molar-refractivity contribution in [2.24, 2.45) is 0 Å². The highest BCUT2D eigenvalue weighted by Gasteiger charge is 2.31. The van der Waals surface area contributed by atoms with Gasteiger partial charge in [0.15, 0.2) is 0 Å². The first-order valence-corrected chi connectivity index (χ1v) is 6.05. The highest BCUT2D eigenvalue weighted by Crippen LogP contribution is 2.39. The number of hydrogen-bond acceptors (Lipinski definition) is 2. The van der Waals surface area contributed by atoms with E-state index in [0.717, 1.165) is 0 Å². The fraction of sp³-hybridized carbons (Fsp3) is 0.500. The van der Waals surface area contributed by atoms with Crippen molar-refractivity contribution in [3.05, 3.63) is 29.8 Å². The summed E-state index contributed by atoms with van der Waals surface area (Å²) in [4.78, 5) is 1.43. The normalized spacial score (nSPS) is 22.7. The lowest BCUT2D eigenvalue weighted by Crippen LogP contribution is -2.45. The van der Waals surface area contributed by atoms with Crippen LogP contribution in [0.5, 0.6) is 0 Å². The predicted octanol–water partition coefficient (Wildman–Crippen LogP) is 3.77. The molecule has 0 bridgehead atoms. The van der Waals surface area contributed by atoms with Crippen molar-refractivity contribution in [3.8, 4) is 0 Å². The summed E-state index contributed by atoms with van der Waals surface area (Å²) in [6.45, 7) is 6.75. The summed E-state index contributed by atoms with van der Waals surface area (Å²) < 4.78 is 0. The number of hydrogen-bond donors (Lipinski definition) is 1. The molecule has 0 radical (unpaired) electrons. The van der Waals surface area contributed by atoms with Gasteiger partial charge in [-0.05, 0) is 31.9 Å². The molecule has 2 rings (SSSR count). The van der Waals surface area contributed by atoms with Gasteiger partial charge in [-0.15, -0.1) is 24.2 Å². The molecule has 0 spiro atoms. The molecule has 0 aliphatic carbocycles. The molecule has 15 heavy (non-hydrogen) atoms. The van der Waals surface area contributed by atoms with E-state index in [9.17, 15) is 0 Å². The lowest BCUT2D eigenvalue weighted by atomic mass is 9.94. The molecule has 0 saturated carbocycles. The van der Waals surface area contributed by atoms with E-state index in [1.807, 2.05) is 11.8 Å². The van der Waals surface area contributed by atoms with Crippen LogP contribution < -0.4 is 5.32 Å². The molecule has 0 amide bonds. The van der Waals surface area contributed by atoms with E-state index in [1.165, 1.54) is 16.9 Å². The number of thioether (sulfide) groups is 1. The minimum atomic E-state index is 0. The molecule has 1 unspecified atom stereocenters. The minimum absolute atomic E-state index is 0. The van der Waals surface area contributed by atoms with E-state index in [2.05, 4.69) is 50.4 Å². The van der Waals surface area contributed by atoms with Crippen molar-refractivity contribution >= 4 is 24.2 Å². The van der Waals surface area contributed by atoms with E-state index < -0.39 is 0 Å². The van der Waals surface area contributed by atoms with E-state index in [4.69, 9.17) is 0 Å². The quantitative estimate of drug-likeness (QED) is 0.806. The Hall–Kier alpha value is -0.180. The molecule has 0 saturated heterocycles. The maximum absolute atomic E-state index is 3.66. The van der Waals surface area contributed by atoms with E-state index in [1.54, 1.807) is 0 Å². The summed E-state index contributed by atoms with van der Waals surface area (Å²) in [5.74, 6) is 0. The zero-order valence-corrected chi connectivity index (χ0v) is 11.0. The second kappa shape index (κ2) is 4.77. The van der Waals surface area contributed by atoms with E-state index in [0.29, 0.717) is 5.37 Å². The number of halogens is 1. The third-order valence-electron chi connectivity index (χ3n) is 2.72. The summed E-state index contributed by atoms with van der Waals surface area (Å²) in [5.41, 5.74) is 1.54. The van der Waals surface area contributed by atoms with Crippen LogP contribution in [0.1, 0.15) is 32.8 Å². The third-order valence-corrected chi connectivity index (χ3v) is 4.07. The second-order valence-electron chi connectivity index (χ2n) is 4.28. The van der Waals surface area contributed by atoms with Gasteiger partial charge in [0.25, 0.3) is 0 Å². The molecule has 1 aromatic rings. The second-order valence-corrected chi connectivity index (χ2v) is 5.52. The van der Waals surface area contributed by atoms with Gasteiger partial charge in [-0.2, -0.15) is 0 Å². The number of nitrogens with one attached hydrogen (secondary N) is 1. The van der Waals surface area contributed by atoms with Crippen molar-refractivity contribution in [1.29, 1.82) is 0 Å². The lowest BCUT2D eigenvalue weighted by molar-refractivity contribution is 0.373. The smallest absolute Gasteiger partial charge is 0.0583 e. The van der Waals surface area contributed by atoms with Crippen LogP contribution in [0.25, 0.3) is 0 Å². The van der Waals surface area contributed by atoms with Gasteiger partial charge in [-0.25, -0.2) is 0 Å². The van der Waals surface area contributed by atoms with Crippen molar-refractivity contribution in [2.45, 2.75) is 43.0 Å². The molecular formula is C12H18ClNS. The van der Waals surface area contributed by atoms with Gasteiger partial charge in [0, 0.05) is 10.4 Å². The Morgan fingerprint density at radius 3 is 2.67 bits per heavy atom. The zero-order chi connectivity index (χ0) is 10.2. The first-order valence-electron chi connectivity index (χ1n) is 5.17. The maximum atomic E-state index is 3.66. The molecule has 84 valence electrons. The first kappa shape index (κ1) is 12.9. The Bertz CT molecular complexity index is 338. The molecule has 1 atom stereocenters. The summed E-state index contributed by atoms with van der Waals surface area (Å²) in [6.07, 6.45) is 1.17. The topological polar surface area (TPSA) is 12.0 Å². The van der Waals surface area contributed by atoms with Gasteiger partial charge in [0.2, 0.25) is 0 Å². The molecule has 1 nitrogen and oxygen atoms in total. The molecule has 1 aliphatic heterocycles. The fourth-order valence-corrected chi connectivity index (χ4v) is 3.37. The fourth-order valence-electron chi connectivity index (χ4n) is 1.93. The SMILES string of the molecule is CCC1NC(C)(C)c2ccccc2S1.Cl. The van der Waals surface area contributed by atoms with Crippen molar-refractivity contribution in [2.75, 3.05) is 0 Å². The Balaban J connectivity index is 0.00000112. The van der Waals surface area contributed by atoms with Crippen LogP contribution in [0.15, 0.2) is 29.2 Å². The van der Waals surface area contributed by atoms with E-state index in [-0.39, 0.29) is 17.9 Å². The minimum Gasteiger partial charge on any atom is -0.296 e. The molecule has 3 heteroatoms. The van der Waals surface area contributed by atoms with Crippen molar-refractivity contribution < 1.29 is 0 Å². The van der Waals surface area contributed by atoms with Gasteiger partial charge in [-0.3, -0.25) is 5.32 Å². The van der Waals surface area contributed by atoms with Gasteiger partial charge in [0.05, 0.1) is 5.37 Å². The number of benzene rings is 1. The first-order chi connectivity index (χ1) is 6.63. The molecule has 1 heterocycles. The Morgan fingerprint density at radius 2 is 2.00 bits per heavy atom. The van der Waals surface area contributed by atoms with Gasteiger partial charge < -0.3 is 0 Å². The van der Waals surface area contributed by atoms with Crippen LogP contribution >= 0.6 is 24.2 Å². The third kappa shape index (κ3) is 2.49.